The Morgan fingerprint density at radius 2 is 0.403 bits per heavy atom. The highest BCUT2D eigenvalue weighted by Crippen LogP contribution is 2.48. The summed E-state index contributed by atoms with van der Waals surface area (Å²) in [5.41, 5.74) is 5.20. The molecule has 2 heterocycles. The van der Waals surface area contributed by atoms with Crippen molar-refractivity contribution in [3.05, 3.63) is 206 Å². The van der Waals surface area contributed by atoms with Gasteiger partial charge in [0.2, 0.25) is 0 Å². The van der Waals surface area contributed by atoms with Gasteiger partial charge in [-0.05, 0) is 53.9 Å². The fourth-order valence-electron chi connectivity index (χ4n) is 8.99. The molecule has 0 saturated carbocycles. The Labute approximate surface area is 357 Å². The van der Waals surface area contributed by atoms with Crippen LogP contribution < -0.4 is 0 Å². The molecular formula is C56H34N6. The molecule has 0 atom stereocenters. The van der Waals surface area contributed by atoms with E-state index in [4.69, 9.17) is 29.9 Å². The summed E-state index contributed by atoms with van der Waals surface area (Å²) < 4.78 is 0. The van der Waals surface area contributed by atoms with Gasteiger partial charge in [-0.15, -0.1) is 0 Å². The van der Waals surface area contributed by atoms with E-state index >= 15 is 0 Å². The zero-order valence-corrected chi connectivity index (χ0v) is 33.3. The van der Waals surface area contributed by atoms with Gasteiger partial charge in [0.25, 0.3) is 0 Å². The maximum atomic E-state index is 5.40. The minimum atomic E-state index is 0.524. The van der Waals surface area contributed by atoms with Crippen LogP contribution in [0.15, 0.2) is 206 Å². The smallest absolute Gasteiger partial charge is 0.165 e. The third kappa shape index (κ3) is 5.88. The first-order valence-electron chi connectivity index (χ1n) is 20.7. The summed E-state index contributed by atoms with van der Waals surface area (Å²) in [5.74, 6) is 3.34. The van der Waals surface area contributed by atoms with Crippen LogP contribution in [0.1, 0.15) is 0 Å². The number of rotatable bonds is 6. The maximum absolute atomic E-state index is 5.40. The highest BCUT2D eigenvalue weighted by molar-refractivity contribution is 6.36. The molecule has 0 bridgehead atoms. The Balaban J connectivity index is 1.33. The zero-order chi connectivity index (χ0) is 41.0. The fourth-order valence-corrected chi connectivity index (χ4v) is 8.99. The average molecular weight is 791 g/mol. The van der Waals surface area contributed by atoms with Crippen LogP contribution in [-0.2, 0) is 0 Å². The molecule has 0 fully saturated rings. The molecule has 0 aliphatic carbocycles. The first kappa shape index (κ1) is 35.5. The molecule has 288 valence electrons. The van der Waals surface area contributed by atoms with Crippen molar-refractivity contribution < 1.29 is 0 Å². The number of nitrogens with zero attached hydrogens (tertiary/aromatic N) is 6. The normalized spacial score (nSPS) is 11.5. The summed E-state index contributed by atoms with van der Waals surface area (Å²) in [4.78, 5) is 31.8. The Morgan fingerprint density at radius 3 is 0.710 bits per heavy atom. The van der Waals surface area contributed by atoms with Gasteiger partial charge >= 0.3 is 0 Å². The van der Waals surface area contributed by atoms with E-state index in [2.05, 4.69) is 84.9 Å². The van der Waals surface area contributed by atoms with Crippen molar-refractivity contribution in [1.82, 2.24) is 29.9 Å². The summed E-state index contributed by atoms with van der Waals surface area (Å²) in [6, 6.07) is 71.2. The largest absolute Gasteiger partial charge is 0.208 e. The van der Waals surface area contributed by atoms with Gasteiger partial charge in [-0.2, -0.15) is 0 Å². The molecular weight excluding hydrogens is 757 g/mol. The molecule has 0 aliphatic heterocycles. The van der Waals surface area contributed by atoms with Crippen LogP contribution in [0.4, 0.5) is 0 Å². The molecule has 12 aromatic rings. The lowest BCUT2D eigenvalue weighted by Gasteiger charge is -2.20. The third-order valence-electron chi connectivity index (χ3n) is 11.7. The summed E-state index contributed by atoms with van der Waals surface area (Å²) >= 11 is 0. The SMILES string of the molecule is c1ccc(-c2nc(-c3ccccc3)nc(-c3c(-c4nc(-c5ccccc5)nc(-c5ccccc5)n4)c4cccc5c6ccccc6c6ccccc6c6cccc3c6c45)n2)cc1. The second kappa shape index (κ2) is 14.7. The van der Waals surface area contributed by atoms with E-state index in [0.29, 0.717) is 34.9 Å². The Bertz CT molecular complexity index is 3310. The van der Waals surface area contributed by atoms with Crippen molar-refractivity contribution in [2.45, 2.75) is 0 Å². The minimum Gasteiger partial charge on any atom is -0.208 e. The van der Waals surface area contributed by atoms with E-state index < -0.39 is 0 Å². The Morgan fingerprint density at radius 1 is 0.177 bits per heavy atom. The second-order valence-corrected chi connectivity index (χ2v) is 15.4. The standard InChI is InChI=1S/C56H34N6/c1-5-19-35(20-6-1)51-57-52(36-21-7-2-8-22-36)60-55(59-51)49-45-33-17-31-43-41-29-15-13-27-39(41)40-28-14-16-30-42(40)44-32-18-34-46(48(44)47(43)45)50(49)56-61-53(37-23-9-3-10-24-37)58-54(62-56)38-25-11-4-12-26-38/h1-34H. The molecule has 6 nitrogen and oxygen atoms in total. The summed E-state index contributed by atoms with van der Waals surface area (Å²) in [6.45, 7) is 0. The molecule has 10 aromatic carbocycles. The lowest BCUT2D eigenvalue weighted by molar-refractivity contribution is 1.06. The monoisotopic (exact) mass is 790 g/mol. The van der Waals surface area contributed by atoms with Gasteiger partial charge < -0.3 is 0 Å². The summed E-state index contributed by atoms with van der Waals surface area (Å²) in [7, 11) is 0. The summed E-state index contributed by atoms with van der Waals surface area (Å²) in [5, 5.41) is 11.1. The molecule has 2 aromatic heterocycles. The predicted molar refractivity (Wildman–Crippen MR) is 253 cm³/mol. The van der Waals surface area contributed by atoms with E-state index in [1.807, 2.05) is 121 Å². The van der Waals surface area contributed by atoms with Crippen LogP contribution in [0.2, 0.25) is 0 Å². The number of benzene rings is 9. The van der Waals surface area contributed by atoms with Gasteiger partial charge in [0.05, 0.1) is 0 Å². The first-order valence-corrected chi connectivity index (χ1v) is 20.7. The van der Waals surface area contributed by atoms with Crippen LogP contribution in [-0.4, -0.2) is 29.9 Å². The van der Waals surface area contributed by atoms with Crippen molar-refractivity contribution >= 4 is 53.9 Å². The topological polar surface area (TPSA) is 77.3 Å². The molecule has 0 N–H and O–H groups in total. The van der Waals surface area contributed by atoms with Crippen LogP contribution in [0.3, 0.4) is 0 Å². The van der Waals surface area contributed by atoms with E-state index in [9.17, 15) is 0 Å². The quantitative estimate of drug-likeness (QED) is 0.156. The summed E-state index contributed by atoms with van der Waals surface area (Å²) in [6.07, 6.45) is 0. The molecule has 0 radical (unpaired) electrons. The first-order chi connectivity index (χ1) is 30.8. The molecule has 6 heteroatoms. The van der Waals surface area contributed by atoms with Gasteiger partial charge in [0.1, 0.15) is 0 Å². The molecule has 0 spiro atoms. The number of aromatic nitrogens is 6. The van der Waals surface area contributed by atoms with E-state index in [1.54, 1.807) is 0 Å². The molecule has 0 aliphatic rings. The van der Waals surface area contributed by atoms with Crippen LogP contribution in [0.25, 0.3) is 122 Å². The number of hydrogen-bond donors (Lipinski definition) is 0. The van der Waals surface area contributed by atoms with Crippen LogP contribution >= 0.6 is 0 Å². The lowest BCUT2D eigenvalue weighted by atomic mass is 9.85. The van der Waals surface area contributed by atoms with Crippen molar-refractivity contribution in [2.24, 2.45) is 0 Å². The number of hydrogen-bond acceptors (Lipinski definition) is 6. The van der Waals surface area contributed by atoms with Crippen LogP contribution in [0, 0.1) is 0 Å². The Kier molecular flexibility index (Phi) is 8.38. The van der Waals surface area contributed by atoms with E-state index in [0.717, 1.165) is 76.5 Å². The maximum Gasteiger partial charge on any atom is 0.165 e. The van der Waals surface area contributed by atoms with Crippen molar-refractivity contribution in [3.63, 3.8) is 0 Å². The number of fused-ring (bicyclic) bond motifs is 5. The minimum absolute atomic E-state index is 0.524. The van der Waals surface area contributed by atoms with Crippen molar-refractivity contribution in [1.29, 1.82) is 0 Å². The molecule has 0 unspecified atom stereocenters. The van der Waals surface area contributed by atoms with Crippen molar-refractivity contribution in [2.75, 3.05) is 0 Å². The molecule has 12 rings (SSSR count). The van der Waals surface area contributed by atoms with Crippen molar-refractivity contribution in [3.8, 4) is 68.3 Å². The van der Waals surface area contributed by atoms with Crippen LogP contribution in [0.5, 0.6) is 0 Å². The fraction of sp³-hybridized carbons (Fsp3) is 0. The lowest BCUT2D eigenvalue weighted by Crippen LogP contribution is -2.05. The van der Waals surface area contributed by atoms with E-state index in [1.165, 1.54) is 10.8 Å². The third-order valence-corrected chi connectivity index (χ3v) is 11.7. The van der Waals surface area contributed by atoms with Gasteiger partial charge in [-0.3, -0.25) is 0 Å². The van der Waals surface area contributed by atoms with Gasteiger partial charge in [-0.1, -0.05) is 206 Å². The zero-order valence-electron chi connectivity index (χ0n) is 33.3. The second-order valence-electron chi connectivity index (χ2n) is 15.4. The van der Waals surface area contributed by atoms with Gasteiger partial charge in [0.15, 0.2) is 34.9 Å². The molecule has 0 amide bonds. The highest BCUT2D eigenvalue weighted by atomic mass is 15.1. The predicted octanol–water partition coefficient (Wildman–Crippen LogP) is 13.8. The van der Waals surface area contributed by atoms with E-state index in [-0.39, 0.29) is 0 Å². The molecule has 62 heavy (non-hydrogen) atoms. The Hall–Kier alpha value is -8.48. The van der Waals surface area contributed by atoms with Gasteiger partial charge in [-0.25, -0.2) is 29.9 Å². The molecule has 0 saturated heterocycles. The average Bonchev–Trinajstić information content (AvgIpc) is 3.36. The van der Waals surface area contributed by atoms with Gasteiger partial charge in [0, 0.05) is 33.4 Å². The highest BCUT2D eigenvalue weighted by Gasteiger charge is 2.27.